The molecule has 0 aliphatic heterocycles. The summed E-state index contributed by atoms with van der Waals surface area (Å²) in [5, 5.41) is 24.2. The van der Waals surface area contributed by atoms with E-state index in [1.807, 2.05) is 0 Å². The van der Waals surface area contributed by atoms with Crippen LogP contribution in [0, 0.1) is 10.1 Å². The van der Waals surface area contributed by atoms with E-state index in [2.05, 4.69) is 20.8 Å². The summed E-state index contributed by atoms with van der Waals surface area (Å²) in [6, 6.07) is 4.02. The van der Waals surface area contributed by atoms with Crippen LogP contribution in [0.4, 0.5) is 5.69 Å². The molecule has 0 radical (unpaired) electrons. The summed E-state index contributed by atoms with van der Waals surface area (Å²) in [7, 11) is 3.05. The second-order valence-corrected chi connectivity index (χ2v) is 3.73. The molecule has 0 bridgehead atoms. The Labute approximate surface area is 107 Å². The van der Waals surface area contributed by atoms with Crippen LogP contribution in [-0.2, 0) is 7.05 Å². The highest BCUT2D eigenvalue weighted by Crippen LogP contribution is 2.23. The standard InChI is InChI=1S/C10H10N6O3/c1-11-10(17)7-3-6(4-8(5-7)16(18)19)9-12-13-14-15(9)2/h3-5H,1-2H3,(H,11,17). The van der Waals surface area contributed by atoms with Gasteiger partial charge in [0.1, 0.15) is 0 Å². The lowest BCUT2D eigenvalue weighted by Gasteiger charge is -2.04. The van der Waals surface area contributed by atoms with E-state index in [1.54, 1.807) is 7.05 Å². The van der Waals surface area contributed by atoms with Crippen molar-refractivity contribution in [3.8, 4) is 11.4 Å². The SMILES string of the molecule is CNC(=O)c1cc(-c2nnnn2C)cc([N+](=O)[O-])c1. The fourth-order valence-corrected chi connectivity index (χ4v) is 1.60. The minimum Gasteiger partial charge on any atom is -0.355 e. The van der Waals surface area contributed by atoms with Gasteiger partial charge in [-0.25, -0.2) is 4.68 Å². The van der Waals surface area contributed by atoms with Gasteiger partial charge in [-0.1, -0.05) is 0 Å². The van der Waals surface area contributed by atoms with Gasteiger partial charge in [0.15, 0.2) is 5.82 Å². The molecule has 1 aromatic carbocycles. The molecule has 0 aliphatic carbocycles. The number of non-ortho nitro benzene ring substituents is 1. The maximum absolute atomic E-state index is 11.6. The highest BCUT2D eigenvalue weighted by Gasteiger charge is 2.17. The lowest BCUT2D eigenvalue weighted by atomic mass is 10.1. The first-order chi connectivity index (χ1) is 9.02. The number of aryl methyl sites for hydroxylation is 1. The lowest BCUT2D eigenvalue weighted by molar-refractivity contribution is -0.384. The molecule has 1 aromatic heterocycles. The molecule has 0 spiro atoms. The topological polar surface area (TPSA) is 116 Å². The fraction of sp³-hybridized carbons (Fsp3) is 0.200. The summed E-state index contributed by atoms with van der Waals surface area (Å²) in [5.74, 6) is -0.0751. The van der Waals surface area contributed by atoms with Crippen molar-refractivity contribution in [3.05, 3.63) is 33.9 Å². The molecule has 1 heterocycles. The monoisotopic (exact) mass is 262 g/mol. The Morgan fingerprint density at radius 3 is 2.68 bits per heavy atom. The first-order valence-corrected chi connectivity index (χ1v) is 5.27. The minimum absolute atomic E-state index is 0.176. The number of carbonyl (C=O) groups is 1. The maximum atomic E-state index is 11.6. The third kappa shape index (κ3) is 2.39. The quantitative estimate of drug-likeness (QED) is 0.621. The molecule has 9 heteroatoms. The van der Waals surface area contributed by atoms with Crippen LogP contribution in [0.5, 0.6) is 0 Å². The van der Waals surface area contributed by atoms with Crippen molar-refractivity contribution in [3.63, 3.8) is 0 Å². The Morgan fingerprint density at radius 2 is 2.16 bits per heavy atom. The van der Waals surface area contributed by atoms with Crippen molar-refractivity contribution >= 4 is 11.6 Å². The number of hydrogen-bond donors (Lipinski definition) is 1. The number of rotatable bonds is 3. The number of nitrogens with zero attached hydrogens (tertiary/aromatic N) is 5. The van der Waals surface area contributed by atoms with Crippen LogP contribution in [-0.4, -0.2) is 38.1 Å². The first kappa shape index (κ1) is 12.6. The van der Waals surface area contributed by atoms with Crippen molar-refractivity contribution < 1.29 is 9.72 Å². The van der Waals surface area contributed by atoms with E-state index in [0.717, 1.165) is 0 Å². The van der Waals surface area contributed by atoms with Gasteiger partial charge in [0, 0.05) is 37.4 Å². The number of benzene rings is 1. The maximum Gasteiger partial charge on any atom is 0.270 e. The van der Waals surface area contributed by atoms with Crippen LogP contribution >= 0.6 is 0 Å². The molecule has 98 valence electrons. The van der Waals surface area contributed by atoms with Crippen molar-refractivity contribution in [1.29, 1.82) is 0 Å². The average Bonchev–Trinajstić information content (AvgIpc) is 2.83. The van der Waals surface area contributed by atoms with Gasteiger partial charge >= 0.3 is 0 Å². The largest absolute Gasteiger partial charge is 0.355 e. The summed E-state index contributed by atoms with van der Waals surface area (Å²) in [4.78, 5) is 21.9. The van der Waals surface area contributed by atoms with E-state index in [1.165, 1.54) is 29.9 Å². The zero-order chi connectivity index (χ0) is 14.0. The van der Waals surface area contributed by atoms with Gasteiger partial charge in [0.05, 0.1) is 4.92 Å². The van der Waals surface area contributed by atoms with Crippen LogP contribution < -0.4 is 5.32 Å². The van der Waals surface area contributed by atoms with Crippen molar-refractivity contribution in [2.75, 3.05) is 7.05 Å². The minimum atomic E-state index is -0.570. The molecule has 2 rings (SSSR count). The van der Waals surface area contributed by atoms with Crippen LogP contribution in [0.25, 0.3) is 11.4 Å². The highest BCUT2D eigenvalue weighted by molar-refractivity contribution is 5.95. The Kier molecular flexibility index (Phi) is 3.19. The normalized spacial score (nSPS) is 10.2. The lowest BCUT2D eigenvalue weighted by Crippen LogP contribution is -2.18. The Bertz CT molecular complexity index is 650. The zero-order valence-corrected chi connectivity index (χ0v) is 10.2. The van der Waals surface area contributed by atoms with Gasteiger partial charge in [0.2, 0.25) is 0 Å². The molecule has 2 aromatic rings. The molecular formula is C10H10N6O3. The molecule has 19 heavy (non-hydrogen) atoms. The second kappa shape index (κ2) is 4.80. The molecular weight excluding hydrogens is 252 g/mol. The number of carbonyl (C=O) groups excluding carboxylic acids is 1. The van der Waals surface area contributed by atoms with Gasteiger partial charge < -0.3 is 5.32 Å². The van der Waals surface area contributed by atoms with E-state index in [0.29, 0.717) is 11.4 Å². The average molecular weight is 262 g/mol. The number of amides is 1. The van der Waals surface area contributed by atoms with Crippen LogP contribution in [0.3, 0.4) is 0 Å². The number of tetrazole rings is 1. The van der Waals surface area contributed by atoms with Gasteiger partial charge in [-0.3, -0.25) is 14.9 Å². The fourth-order valence-electron chi connectivity index (χ4n) is 1.60. The van der Waals surface area contributed by atoms with E-state index in [-0.39, 0.29) is 11.3 Å². The predicted molar refractivity (Wildman–Crippen MR) is 64.3 cm³/mol. The molecule has 1 N–H and O–H groups in total. The second-order valence-electron chi connectivity index (χ2n) is 3.73. The van der Waals surface area contributed by atoms with Crippen molar-refractivity contribution in [2.24, 2.45) is 7.05 Å². The van der Waals surface area contributed by atoms with E-state index < -0.39 is 10.8 Å². The Hall–Kier alpha value is -2.84. The van der Waals surface area contributed by atoms with E-state index >= 15 is 0 Å². The third-order valence-electron chi connectivity index (χ3n) is 2.50. The summed E-state index contributed by atoms with van der Waals surface area (Å²) < 4.78 is 1.37. The van der Waals surface area contributed by atoms with E-state index in [9.17, 15) is 14.9 Å². The molecule has 0 unspecified atom stereocenters. The van der Waals surface area contributed by atoms with Crippen LogP contribution in [0.15, 0.2) is 18.2 Å². The van der Waals surface area contributed by atoms with Gasteiger partial charge in [0.25, 0.3) is 11.6 Å². The Balaban J connectivity index is 2.61. The van der Waals surface area contributed by atoms with Gasteiger partial charge in [-0.2, -0.15) is 0 Å². The summed E-state index contributed by atoms with van der Waals surface area (Å²) >= 11 is 0. The molecule has 0 fully saturated rings. The number of nitrogens with one attached hydrogen (secondary N) is 1. The molecule has 0 aliphatic rings. The van der Waals surface area contributed by atoms with Crippen LogP contribution in [0.2, 0.25) is 0 Å². The molecule has 9 nitrogen and oxygen atoms in total. The number of nitro benzene ring substituents is 1. The van der Waals surface area contributed by atoms with Crippen LogP contribution in [0.1, 0.15) is 10.4 Å². The molecule has 0 saturated carbocycles. The molecule has 0 saturated heterocycles. The summed E-state index contributed by atoms with van der Waals surface area (Å²) in [6.45, 7) is 0. The van der Waals surface area contributed by atoms with Crippen molar-refractivity contribution in [2.45, 2.75) is 0 Å². The number of hydrogen-bond acceptors (Lipinski definition) is 6. The predicted octanol–water partition coefficient (Wildman–Crippen LogP) is 0.145. The first-order valence-electron chi connectivity index (χ1n) is 5.27. The van der Waals surface area contributed by atoms with E-state index in [4.69, 9.17) is 0 Å². The van der Waals surface area contributed by atoms with Gasteiger partial charge in [-0.15, -0.1) is 5.10 Å². The molecule has 0 atom stereocenters. The Morgan fingerprint density at radius 1 is 1.42 bits per heavy atom. The number of nitro groups is 1. The summed E-state index contributed by atoms with van der Waals surface area (Å²) in [5.41, 5.74) is 0.383. The smallest absolute Gasteiger partial charge is 0.270 e. The summed E-state index contributed by atoms with van der Waals surface area (Å²) in [6.07, 6.45) is 0. The number of aromatic nitrogens is 4. The zero-order valence-electron chi connectivity index (χ0n) is 10.2. The highest BCUT2D eigenvalue weighted by atomic mass is 16.6. The van der Waals surface area contributed by atoms with Gasteiger partial charge in [-0.05, 0) is 16.5 Å². The third-order valence-corrected chi connectivity index (χ3v) is 2.50. The molecule has 1 amide bonds. The van der Waals surface area contributed by atoms with Crippen molar-refractivity contribution in [1.82, 2.24) is 25.5 Å².